The molecule has 1 unspecified atom stereocenters. The van der Waals surface area contributed by atoms with Crippen LogP contribution in [0.3, 0.4) is 0 Å². The van der Waals surface area contributed by atoms with E-state index >= 15 is 0 Å². The molecule has 1 N–H and O–H groups in total. The second-order valence-electron chi connectivity index (χ2n) is 5.28. The van der Waals surface area contributed by atoms with E-state index in [0.29, 0.717) is 6.42 Å². The normalized spacial score (nSPS) is 12.5. The van der Waals surface area contributed by atoms with Gasteiger partial charge in [-0.15, -0.1) is 0 Å². The molecule has 0 aliphatic heterocycles. The average Bonchev–Trinajstić information content (AvgIpc) is 2.32. The number of hydrogen-bond acceptors (Lipinski definition) is 1. The van der Waals surface area contributed by atoms with Gasteiger partial charge in [0.15, 0.2) is 0 Å². The molecule has 2 rings (SSSR count). The highest BCUT2D eigenvalue weighted by Gasteiger charge is 2.15. The Morgan fingerprint density at radius 2 is 1.70 bits per heavy atom. The lowest BCUT2D eigenvalue weighted by atomic mass is 9.92. The number of rotatable bonds is 3. The fourth-order valence-corrected chi connectivity index (χ4v) is 2.91. The molecule has 106 valence electrons. The largest absolute Gasteiger partial charge is 0.388 e. The van der Waals surface area contributed by atoms with Gasteiger partial charge in [-0.1, -0.05) is 35.4 Å². The SMILES string of the molecule is Cc1cc(C)c(C(O)Cc2ccc(F)c(Cl)c2)c(C)c1. The van der Waals surface area contributed by atoms with Gasteiger partial charge in [-0.2, -0.15) is 0 Å². The number of aryl methyl sites for hydroxylation is 3. The first-order chi connectivity index (χ1) is 9.38. The van der Waals surface area contributed by atoms with Crippen molar-refractivity contribution in [1.29, 1.82) is 0 Å². The molecule has 2 aromatic rings. The molecule has 1 nitrogen and oxygen atoms in total. The molecule has 0 radical (unpaired) electrons. The summed E-state index contributed by atoms with van der Waals surface area (Å²) in [6.45, 7) is 6.03. The third kappa shape index (κ3) is 3.20. The second-order valence-corrected chi connectivity index (χ2v) is 5.69. The Labute approximate surface area is 124 Å². The zero-order valence-electron chi connectivity index (χ0n) is 11.9. The predicted molar refractivity (Wildman–Crippen MR) is 80.7 cm³/mol. The standard InChI is InChI=1S/C17H18ClFO/c1-10-6-11(2)17(12(3)7-10)16(20)9-13-4-5-15(19)14(18)8-13/h4-8,16,20H,9H2,1-3H3. The molecule has 20 heavy (non-hydrogen) atoms. The van der Waals surface area contributed by atoms with E-state index in [9.17, 15) is 9.50 Å². The van der Waals surface area contributed by atoms with E-state index < -0.39 is 11.9 Å². The van der Waals surface area contributed by atoms with Crippen LogP contribution in [0.15, 0.2) is 30.3 Å². The van der Waals surface area contributed by atoms with Crippen molar-refractivity contribution in [1.82, 2.24) is 0 Å². The topological polar surface area (TPSA) is 20.2 Å². The van der Waals surface area contributed by atoms with Crippen molar-refractivity contribution in [2.24, 2.45) is 0 Å². The van der Waals surface area contributed by atoms with Gasteiger partial charge >= 0.3 is 0 Å². The Morgan fingerprint density at radius 3 is 2.25 bits per heavy atom. The smallest absolute Gasteiger partial charge is 0.141 e. The molecule has 0 saturated carbocycles. The lowest BCUT2D eigenvalue weighted by molar-refractivity contribution is 0.177. The molecule has 2 aromatic carbocycles. The molecule has 0 heterocycles. The summed E-state index contributed by atoms with van der Waals surface area (Å²) in [5.41, 5.74) is 5.09. The van der Waals surface area contributed by atoms with E-state index in [4.69, 9.17) is 11.6 Å². The first kappa shape index (κ1) is 15.0. The van der Waals surface area contributed by atoms with E-state index in [1.807, 2.05) is 20.8 Å². The van der Waals surface area contributed by atoms with E-state index in [-0.39, 0.29) is 5.02 Å². The zero-order chi connectivity index (χ0) is 14.9. The van der Waals surface area contributed by atoms with Crippen LogP contribution in [0.25, 0.3) is 0 Å². The van der Waals surface area contributed by atoms with Gasteiger partial charge in [-0.25, -0.2) is 4.39 Å². The third-order valence-corrected chi connectivity index (χ3v) is 3.77. The Hall–Kier alpha value is -1.38. The lowest BCUT2D eigenvalue weighted by Gasteiger charge is -2.18. The Bertz CT molecular complexity index is 614. The van der Waals surface area contributed by atoms with Crippen LogP contribution in [-0.4, -0.2) is 5.11 Å². The van der Waals surface area contributed by atoms with Crippen LogP contribution in [0.1, 0.15) is 33.9 Å². The first-order valence-electron chi connectivity index (χ1n) is 6.58. The van der Waals surface area contributed by atoms with Gasteiger partial charge in [-0.05, 0) is 55.2 Å². The minimum absolute atomic E-state index is 0.0899. The van der Waals surface area contributed by atoms with Gasteiger partial charge in [0, 0.05) is 6.42 Å². The van der Waals surface area contributed by atoms with Crippen molar-refractivity contribution < 1.29 is 9.50 Å². The van der Waals surface area contributed by atoms with Crippen molar-refractivity contribution in [2.45, 2.75) is 33.3 Å². The van der Waals surface area contributed by atoms with E-state index in [2.05, 4.69) is 12.1 Å². The molecular weight excluding hydrogens is 275 g/mol. The van der Waals surface area contributed by atoms with E-state index in [1.165, 1.54) is 11.6 Å². The van der Waals surface area contributed by atoms with E-state index in [1.54, 1.807) is 12.1 Å². The van der Waals surface area contributed by atoms with Gasteiger partial charge in [0.1, 0.15) is 5.82 Å². The summed E-state index contributed by atoms with van der Waals surface area (Å²) in [5.74, 6) is -0.437. The van der Waals surface area contributed by atoms with E-state index in [0.717, 1.165) is 22.3 Å². The van der Waals surface area contributed by atoms with Crippen molar-refractivity contribution in [3.8, 4) is 0 Å². The highest BCUT2D eigenvalue weighted by molar-refractivity contribution is 6.30. The monoisotopic (exact) mass is 292 g/mol. The van der Waals surface area contributed by atoms with Crippen LogP contribution >= 0.6 is 11.6 Å². The van der Waals surface area contributed by atoms with Crippen molar-refractivity contribution in [2.75, 3.05) is 0 Å². The fraction of sp³-hybridized carbons (Fsp3) is 0.294. The summed E-state index contributed by atoms with van der Waals surface area (Å²) < 4.78 is 13.1. The lowest BCUT2D eigenvalue weighted by Crippen LogP contribution is -2.07. The molecule has 3 heteroatoms. The maximum atomic E-state index is 13.1. The fourth-order valence-electron chi connectivity index (χ4n) is 2.71. The second kappa shape index (κ2) is 5.94. The van der Waals surface area contributed by atoms with Gasteiger partial charge in [-0.3, -0.25) is 0 Å². The molecule has 0 bridgehead atoms. The maximum absolute atomic E-state index is 13.1. The van der Waals surface area contributed by atoms with Crippen LogP contribution in [0.5, 0.6) is 0 Å². The van der Waals surface area contributed by atoms with Gasteiger partial charge in [0.2, 0.25) is 0 Å². The third-order valence-electron chi connectivity index (χ3n) is 3.48. The van der Waals surface area contributed by atoms with Crippen molar-refractivity contribution >= 4 is 11.6 Å². The molecule has 0 fully saturated rings. The number of benzene rings is 2. The minimum Gasteiger partial charge on any atom is -0.388 e. The first-order valence-corrected chi connectivity index (χ1v) is 6.96. The molecule has 0 spiro atoms. The highest BCUT2D eigenvalue weighted by atomic mass is 35.5. The van der Waals surface area contributed by atoms with Crippen LogP contribution < -0.4 is 0 Å². The number of aliphatic hydroxyl groups excluding tert-OH is 1. The Morgan fingerprint density at radius 1 is 1.10 bits per heavy atom. The van der Waals surface area contributed by atoms with Gasteiger partial charge < -0.3 is 5.11 Å². The quantitative estimate of drug-likeness (QED) is 0.871. The molecule has 0 amide bonds. The average molecular weight is 293 g/mol. The predicted octanol–water partition coefficient (Wildman–Crippen LogP) is 4.68. The number of halogens is 2. The Balaban J connectivity index is 2.28. The molecule has 0 saturated heterocycles. The van der Waals surface area contributed by atoms with Crippen molar-refractivity contribution in [3.05, 3.63) is 69.0 Å². The molecule has 1 atom stereocenters. The van der Waals surface area contributed by atoms with Crippen LogP contribution in [0.4, 0.5) is 4.39 Å². The van der Waals surface area contributed by atoms with Crippen LogP contribution in [-0.2, 0) is 6.42 Å². The minimum atomic E-state index is -0.614. The summed E-state index contributed by atoms with van der Waals surface area (Å²) in [6.07, 6.45) is -0.192. The number of aliphatic hydroxyl groups is 1. The van der Waals surface area contributed by atoms with Crippen molar-refractivity contribution in [3.63, 3.8) is 0 Å². The summed E-state index contributed by atoms with van der Waals surface area (Å²) in [5, 5.41) is 10.5. The van der Waals surface area contributed by atoms with Crippen LogP contribution in [0, 0.1) is 26.6 Å². The van der Waals surface area contributed by atoms with Gasteiger partial charge in [0.05, 0.1) is 11.1 Å². The number of hydrogen-bond donors (Lipinski definition) is 1. The summed E-state index contributed by atoms with van der Waals surface area (Å²) >= 11 is 5.77. The summed E-state index contributed by atoms with van der Waals surface area (Å²) in [7, 11) is 0. The molecule has 0 aliphatic carbocycles. The highest BCUT2D eigenvalue weighted by Crippen LogP contribution is 2.27. The van der Waals surface area contributed by atoms with Gasteiger partial charge in [0.25, 0.3) is 0 Å². The van der Waals surface area contributed by atoms with Crippen LogP contribution in [0.2, 0.25) is 5.02 Å². The molecule has 0 aromatic heterocycles. The summed E-state index contributed by atoms with van der Waals surface area (Å²) in [4.78, 5) is 0. The Kier molecular flexibility index (Phi) is 4.46. The molecular formula is C17H18ClFO. The zero-order valence-corrected chi connectivity index (χ0v) is 12.6. The molecule has 0 aliphatic rings. The summed E-state index contributed by atoms with van der Waals surface area (Å²) in [6, 6.07) is 8.67. The maximum Gasteiger partial charge on any atom is 0.141 e.